The van der Waals surface area contributed by atoms with E-state index in [-0.39, 0.29) is 12.1 Å². The van der Waals surface area contributed by atoms with Crippen molar-refractivity contribution in [1.82, 2.24) is 4.90 Å². The molecule has 4 unspecified atom stereocenters. The van der Waals surface area contributed by atoms with Crippen LogP contribution in [-0.2, 0) is 14.3 Å². The summed E-state index contributed by atoms with van der Waals surface area (Å²) in [6.45, 7) is 1.49. The number of fused-ring (bicyclic) bond motifs is 1. The van der Waals surface area contributed by atoms with Crippen molar-refractivity contribution in [3.05, 3.63) is 11.3 Å². The lowest BCUT2D eigenvalue weighted by atomic mass is 9.83. The van der Waals surface area contributed by atoms with Gasteiger partial charge in [0.2, 0.25) is 5.91 Å². The number of nitrogens with zero attached hydrogens (tertiary/aromatic N) is 1. The molecule has 116 valence electrons. The molecule has 0 aromatic rings. The van der Waals surface area contributed by atoms with Gasteiger partial charge < -0.3 is 25.6 Å². The topological polar surface area (TPSA) is 130 Å². The minimum atomic E-state index is -1.27. The van der Waals surface area contributed by atoms with Crippen LogP contribution >= 0.6 is 11.8 Å². The van der Waals surface area contributed by atoms with Crippen molar-refractivity contribution in [3.8, 4) is 0 Å². The van der Waals surface area contributed by atoms with Gasteiger partial charge in [-0.05, 0) is 19.6 Å². The minimum absolute atomic E-state index is 0.178. The fourth-order valence-corrected chi connectivity index (χ4v) is 3.56. The molecule has 0 aromatic heterocycles. The van der Waals surface area contributed by atoms with E-state index < -0.39 is 41.5 Å². The molecule has 21 heavy (non-hydrogen) atoms. The Balaban J connectivity index is 2.34. The molecule has 1 saturated heterocycles. The lowest BCUT2D eigenvalue weighted by molar-refractivity contribution is -0.161. The number of β-lactam (4-membered cyclic amide) rings is 1. The van der Waals surface area contributed by atoms with E-state index in [9.17, 15) is 24.6 Å². The Labute approximate surface area is 124 Å². The Morgan fingerprint density at radius 3 is 2.57 bits per heavy atom. The van der Waals surface area contributed by atoms with E-state index >= 15 is 0 Å². The monoisotopic (exact) mass is 316 g/mol. The van der Waals surface area contributed by atoms with Gasteiger partial charge in [-0.3, -0.25) is 4.79 Å². The van der Waals surface area contributed by atoms with Crippen LogP contribution in [0.25, 0.3) is 0 Å². The smallest absolute Gasteiger partial charge is 0.405 e. The van der Waals surface area contributed by atoms with E-state index in [1.54, 1.807) is 6.26 Å². The van der Waals surface area contributed by atoms with Crippen LogP contribution in [0.3, 0.4) is 0 Å². The van der Waals surface area contributed by atoms with E-state index in [1.165, 1.54) is 6.92 Å². The van der Waals surface area contributed by atoms with Gasteiger partial charge in [-0.1, -0.05) is 0 Å². The maximum Gasteiger partial charge on any atom is 0.405 e. The fraction of sp³-hybridized carbons (Fsp3) is 0.583. The summed E-state index contributed by atoms with van der Waals surface area (Å²) in [6.07, 6.45) is 0.00267. The average Bonchev–Trinajstić information content (AvgIpc) is 2.70. The number of hydrogen-bond donors (Lipinski definition) is 3. The summed E-state index contributed by atoms with van der Waals surface area (Å²) in [6, 6.07) is -0.412. The maximum atomic E-state index is 12.0. The molecule has 0 aromatic carbocycles. The maximum absolute atomic E-state index is 12.0. The number of aliphatic hydroxyl groups excluding tert-OH is 1. The second kappa shape index (κ2) is 5.57. The number of nitrogens with two attached hydrogens (primary N) is 1. The highest BCUT2D eigenvalue weighted by Gasteiger charge is 2.57. The van der Waals surface area contributed by atoms with Crippen molar-refractivity contribution in [2.24, 2.45) is 11.7 Å². The van der Waals surface area contributed by atoms with Gasteiger partial charge in [-0.25, -0.2) is 9.59 Å². The van der Waals surface area contributed by atoms with Crippen molar-refractivity contribution in [2.45, 2.75) is 30.9 Å². The predicted octanol–water partition coefficient (Wildman–Crippen LogP) is -0.279. The Hall–Kier alpha value is -1.74. The molecule has 2 aliphatic rings. The average molecular weight is 316 g/mol. The van der Waals surface area contributed by atoms with Crippen LogP contribution in [0.2, 0.25) is 0 Å². The van der Waals surface area contributed by atoms with Gasteiger partial charge in [0.15, 0.2) is 5.44 Å². The number of thioether (sulfide) groups is 1. The third-order valence-electron chi connectivity index (χ3n) is 3.69. The molecule has 0 aliphatic carbocycles. The Morgan fingerprint density at radius 2 is 2.14 bits per heavy atom. The van der Waals surface area contributed by atoms with Crippen LogP contribution in [-0.4, -0.2) is 56.9 Å². The lowest BCUT2D eigenvalue weighted by Crippen LogP contribution is -2.61. The van der Waals surface area contributed by atoms with Gasteiger partial charge >= 0.3 is 12.1 Å². The van der Waals surface area contributed by atoms with Crippen molar-refractivity contribution >= 4 is 29.7 Å². The number of carboxylic acids is 1. The number of amides is 2. The molecule has 2 amide bonds. The molecule has 0 bridgehead atoms. The van der Waals surface area contributed by atoms with E-state index in [0.717, 1.165) is 16.7 Å². The van der Waals surface area contributed by atoms with Gasteiger partial charge in [0.05, 0.1) is 18.1 Å². The number of carboxylic acid groups (broad SMARTS) is 1. The number of hydrogen-bond acceptors (Lipinski definition) is 6. The molecular weight excluding hydrogens is 300 g/mol. The van der Waals surface area contributed by atoms with Crippen molar-refractivity contribution in [3.63, 3.8) is 0 Å². The number of aliphatic hydroxyl groups is 1. The first kappa shape index (κ1) is 15.6. The summed E-state index contributed by atoms with van der Waals surface area (Å²) < 4.78 is 4.90. The first-order chi connectivity index (χ1) is 9.79. The summed E-state index contributed by atoms with van der Waals surface area (Å²) in [5.41, 5.74) is 4.27. The van der Waals surface area contributed by atoms with Gasteiger partial charge in [0.1, 0.15) is 5.70 Å². The molecule has 8 nitrogen and oxygen atoms in total. The molecule has 0 saturated carbocycles. The quantitative estimate of drug-likeness (QED) is 0.469. The molecule has 4 atom stereocenters. The molecule has 9 heteroatoms. The normalized spacial score (nSPS) is 27.0. The van der Waals surface area contributed by atoms with E-state index in [4.69, 9.17) is 10.5 Å². The SMILES string of the molecule is CSC(OC(N)=O)C1=C(C(=O)O)N2C(=O)C(C(C)O)C2C1. The number of aliphatic carboxylic acids is 1. The summed E-state index contributed by atoms with van der Waals surface area (Å²) in [4.78, 5) is 35.5. The third-order valence-corrected chi connectivity index (χ3v) is 4.50. The summed E-state index contributed by atoms with van der Waals surface area (Å²) in [5.74, 6) is -2.33. The molecular formula is C12H16N2O6S. The second-order valence-corrected chi connectivity index (χ2v) is 5.83. The van der Waals surface area contributed by atoms with Crippen LogP contribution in [0, 0.1) is 5.92 Å². The molecule has 1 fully saturated rings. The molecule has 4 N–H and O–H groups in total. The largest absolute Gasteiger partial charge is 0.477 e. The summed E-state index contributed by atoms with van der Waals surface area (Å²) >= 11 is 1.11. The van der Waals surface area contributed by atoms with Crippen molar-refractivity contribution < 1.29 is 29.3 Å². The number of rotatable bonds is 5. The molecule has 2 heterocycles. The molecule has 2 rings (SSSR count). The van der Waals surface area contributed by atoms with Crippen LogP contribution in [0.5, 0.6) is 0 Å². The van der Waals surface area contributed by atoms with Crippen LogP contribution in [0.1, 0.15) is 13.3 Å². The lowest BCUT2D eigenvalue weighted by Gasteiger charge is -2.44. The second-order valence-electron chi connectivity index (χ2n) is 4.93. The van der Waals surface area contributed by atoms with Crippen molar-refractivity contribution in [2.75, 3.05) is 6.26 Å². The van der Waals surface area contributed by atoms with Gasteiger partial charge in [0.25, 0.3) is 0 Å². The highest BCUT2D eigenvalue weighted by Crippen LogP contribution is 2.46. The highest BCUT2D eigenvalue weighted by molar-refractivity contribution is 7.99. The zero-order chi connectivity index (χ0) is 15.9. The molecule has 0 spiro atoms. The first-order valence-corrected chi connectivity index (χ1v) is 7.54. The predicted molar refractivity (Wildman–Crippen MR) is 73.1 cm³/mol. The van der Waals surface area contributed by atoms with E-state index in [2.05, 4.69) is 0 Å². The minimum Gasteiger partial charge on any atom is -0.477 e. The van der Waals surface area contributed by atoms with Crippen molar-refractivity contribution in [1.29, 1.82) is 0 Å². The zero-order valence-corrected chi connectivity index (χ0v) is 12.3. The van der Waals surface area contributed by atoms with Crippen LogP contribution < -0.4 is 5.73 Å². The van der Waals surface area contributed by atoms with Crippen LogP contribution in [0.4, 0.5) is 4.79 Å². The zero-order valence-electron chi connectivity index (χ0n) is 11.5. The Bertz CT molecular complexity index is 532. The first-order valence-electron chi connectivity index (χ1n) is 6.26. The Morgan fingerprint density at radius 1 is 1.52 bits per heavy atom. The standard InChI is InChI=1S/C12H16N2O6S/c1-4(15)7-6-3-5(11(21-2)20-12(13)19)8(10(17)18)14(6)9(7)16/h4,6-7,11,15H,3H2,1-2H3,(H2,13,19)(H,17,18). The number of ether oxygens (including phenoxy) is 1. The highest BCUT2D eigenvalue weighted by atomic mass is 32.2. The van der Waals surface area contributed by atoms with Gasteiger partial charge in [0, 0.05) is 5.57 Å². The van der Waals surface area contributed by atoms with E-state index in [1.807, 2.05) is 0 Å². The third kappa shape index (κ3) is 2.46. The fourth-order valence-electron chi connectivity index (χ4n) is 2.88. The van der Waals surface area contributed by atoms with Gasteiger partial charge in [-0.15, -0.1) is 11.8 Å². The Kier molecular flexibility index (Phi) is 4.15. The summed E-state index contributed by atoms with van der Waals surface area (Å²) in [5, 5.41) is 18.9. The number of carbonyl (C=O) groups excluding carboxylic acids is 2. The number of carbonyl (C=O) groups is 3. The molecule has 0 radical (unpaired) electrons. The van der Waals surface area contributed by atoms with E-state index in [0.29, 0.717) is 5.57 Å². The van der Waals surface area contributed by atoms with Crippen LogP contribution in [0.15, 0.2) is 11.3 Å². The van der Waals surface area contributed by atoms with Gasteiger partial charge in [-0.2, -0.15) is 0 Å². The molecule has 2 aliphatic heterocycles. The number of primary amides is 1. The summed E-state index contributed by atoms with van der Waals surface area (Å²) in [7, 11) is 0.